The maximum absolute atomic E-state index is 12.6. The van der Waals surface area contributed by atoms with E-state index in [1.165, 1.54) is 6.07 Å². The average Bonchev–Trinajstić information content (AvgIpc) is 2.80. The summed E-state index contributed by atoms with van der Waals surface area (Å²) >= 11 is 11.6. The summed E-state index contributed by atoms with van der Waals surface area (Å²) in [4.78, 5) is 0. The van der Waals surface area contributed by atoms with E-state index in [9.17, 15) is 13.2 Å². The van der Waals surface area contributed by atoms with Crippen molar-refractivity contribution in [1.29, 1.82) is 5.26 Å². The van der Waals surface area contributed by atoms with Crippen molar-refractivity contribution in [3.63, 3.8) is 0 Å². The third-order valence-electron chi connectivity index (χ3n) is 2.41. The summed E-state index contributed by atoms with van der Waals surface area (Å²) in [6.45, 7) is 0. The molecule has 6 nitrogen and oxygen atoms in total. The highest BCUT2D eigenvalue weighted by Gasteiger charge is 2.32. The van der Waals surface area contributed by atoms with Crippen LogP contribution in [0.15, 0.2) is 18.2 Å². The first-order valence-corrected chi connectivity index (χ1v) is 6.15. The number of nitrogens with two attached hydrogens (primary N) is 3. The fourth-order valence-corrected chi connectivity index (χ4v) is 2.21. The molecule has 11 heteroatoms. The van der Waals surface area contributed by atoms with Crippen molar-refractivity contribution in [2.45, 2.75) is 6.18 Å². The largest absolute Gasteiger partial charge is 0.416 e. The number of nitriles is 1. The Morgan fingerprint density at radius 3 is 2.00 bits per heavy atom. The number of anilines is 1. The molecule has 0 fully saturated rings. The summed E-state index contributed by atoms with van der Waals surface area (Å²) in [7, 11) is 0. The number of aromatic nitrogens is 2. The first-order valence-electron chi connectivity index (χ1n) is 5.39. The Kier molecular flexibility index (Phi) is 5.62. The van der Waals surface area contributed by atoms with Gasteiger partial charge in [-0.1, -0.05) is 23.2 Å². The normalized spacial score (nSPS) is 10.6. The minimum Gasteiger partial charge on any atom is -0.384 e. The van der Waals surface area contributed by atoms with Gasteiger partial charge in [0.2, 0.25) is 0 Å². The van der Waals surface area contributed by atoms with Gasteiger partial charge in [-0.3, -0.25) is 11.7 Å². The molecule has 0 aliphatic carbocycles. The Morgan fingerprint density at radius 1 is 1.14 bits per heavy atom. The van der Waals surface area contributed by atoms with E-state index in [4.69, 9.17) is 34.2 Å². The number of nitrogens with zero attached hydrogens (tertiary/aromatic N) is 3. The fourth-order valence-electron chi connectivity index (χ4n) is 1.56. The van der Waals surface area contributed by atoms with Gasteiger partial charge in [0, 0.05) is 6.07 Å². The second-order valence-electron chi connectivity index (χ2n) is 3.76. The van der Waals surface area contributed by atoms with E-state index in [-0.39, 0.29) is 27.2 Å². The van der Waals surface area contributed by atoms with Crippen LogP contribution in [0.2, 0.25) is 10.0 Å². The monoisotopic (exact) mass is 352 g/mol. The van der Waals surface area contributed by atoms with Gasteiger partial charge in [0.05, 0.1) is 15.6 Å². The smallest absolute Gasteiger partial charge is 0.384 e. The third-order valence-corrected chi connectivity index (χ3v) is 2.98. The van der Waals surface area contributed by atoms with Crippen LogP contribution < -0.4 is 17.4 Å². The Bertz CT molecular complexity index is 697. The van der Waals surface area contributed by atoms with E-state index in [0.717, 1.165) is 16.8 Å². The number of hydrogen-bond donors (Lipinski definition) is 3. The first kappa shape index (κ1) is 18.1. The molecule has 2 aromatic rings. The molecule has 1 aromatic carbocycles. The summed E-state index contributed by atoms with van der Waals surface area (Å²) in [6, 6.07) is 4.45. The standard InChI is InChI=1S/C11H5Cl2F3N4.H4N2/c12-7-1-5(11(14,15)16)2-8(13)10(7)20-9(18)3-6(4-17)19-20;1-2/h1-3H,18H2;1-2H2. The molecule has 0 aliphatic rings. The molecule has 0 bridgehead atoms. The van der Waals surface area contributed by atoms with Crippen LogP contribution in [0.4, 0.5) is 19.0 Å². The van der Waals surface area contributed by atoms with E-state index in [0.29, 0.717) is 0 Å². The predicted octanol–water partition coefficient (Wildman–Crippen LogP) is 2.47. The number of alkyl halides is 3. The van der Waals surface area contributed by atoms with Gasteiger partial charge in [-0.2, -0.15) is 23.5 Å². The van der Waals surface area contributed by atoms with Crippen LogP contribution in [0.1, 0.15) is 11.3 Å². The molecule has 0 spiro atoms. The van der Waals surface area contributed by atoms with Crippen LogP contribution in [0.5, 0.6) is 0 Å². The van der Waals surface area contributed by atoms with Crippen molar-refractivity contribution < 1.29 is 13.2 Å². The van der Waals surface area contributed by atoms with E-state index < -0.39 is 11.7 Å². The number of nitrogen functional groups attached to an aromatic ring is 1. The van der Waals surface area contributed by atoms with Crippen LogP contribution >= 0.6 is 23.2 Å². The molecule has 0 radical (unpaired) electrons. The molecule has 0 saturated heterocycles. The molecule has 6 N–H and O–H groups in total. The maximum atomic E-state index is 12.6. The number of hydrazine groups is 1. The first-order chi connectivity index (χ1) is 10.2. The minimum absolute atomic E-state index is 0.00506. The fraction of sp³-hybridized carbons (Fsp3) is 0.0909. The van der Waals surface area contributed by atoms with Gasteiger partial charge in [0.25, 0.3) is 0 Å². The van der Waals surface area contributed by atoms with E-state index in [1.54, 1.807) is 6.07 Å². The Balaban J connectivity index is 0.00000116. The second kappa shape index (κ2) is 6.85. The summed E-state index contributed by atoms with van der Waals surface area (Å²) in [5, 5.41) is 12.0. The Labute approximate surface area is 132 Å². The Morgan fingerprint density at radius 2 is 1.64 bits per heavy atom. The van der Waals surface area contributed by atoms with E-state index in [2.05, 4.69) is 16.8 Å². The molecule has 118 valence electrons. The highest BCUT2D eigenvalue weighted by Crippen LogP contribution is 2.37. The van der Waals surface area contributed by atoms with Crippen LogP contribution in [-0.4, -0.2) is 9.78 Å². The lowest BCUT2D eigenvalue weighted by molar-refractivity contribution is -0.137. The summed E-state index contributed by atoms with van der Waals surface area (Å²) < 4.78 is 38.9. The molecule has 1 heterocycles. The van der Waals surface area contributed by atoms with Crippen LogP contribution in [0.3, 0.4) is 0 Å². The number of benzene rings is 1. The highest BCUT2D eigenvalue weighted by atomic mass is 35.5. The molecule has 0 saturated carbocycles. The quantitative estimate of drug-likeness (QED) is 0.537. The minimum atomic E-state index is -4.57. The Hall–Kier alpha value is -1.99. The van der Waals surface area contributed by atoms with Gasteiger partial charge in [0.15, 0.2) is 5.69 Å². The molecule has 0 aliphatic heterocycles. The van der Waals surface area contributed by atoms with Gasteiger partial charge in [-0.15, -0.1) is 0 Å². The molecular weight excluding hydrogens is 344 g/mol. The summed E-state index contributed by atoms with van der Waals surface area (Å²) in [5.41, 5.74) is 4.62. The predicted molar refractivity (Wildman–Crippen MR) is 76.1 cm³/mol. The van der Waals surface area contributed by atoms with Gasteiger partial charge in [0.1, 0.15) is 17.6 Å². The molecule has 22 heavy (non-hydrogen) atoms. The molecular formula is C11H9Cl2F3N6. The molecule has 2 rings (SSSR count). The van der Waals surface area contributed by atoms with Crippen molar-refractivity contribution >= 4 is 29.0 Å². The topological polar surface area (TPSA) is 120 Å². The lowest BCUT2D eigenvalue weighted by atomic mass is 10.2. The lowest BCUT2D eigenvalue weighted by Crippen LogP contribution is -2.08. The third kappa shape index (κ3) is 3.61. The van der Waals surface area contributed by atoms with E-state index in [1.807, 2.05) is 0 Å². The van der Waals surface area contributed by atoms with E-state index >= 15 is 0 Å². The van der Waals surface area contributed by atoms with Crippen molar-refractivity contribution in [3.05, 3.63) is 39.5 Å². The number of hydrogen-bond acceptors (Lipinski definition) is 5. The summed E-state index contributed by atoms with van der Waals surface area (Å²) in [6.07, 6.45) is -4.57. The second-order valence-corrected chi connectivity index (χ2v) is 4.58. The highest BCUT2D eigenvalue weighted by molar-refractivity contribution is 6.37. The van der Waals surface area contributed by atoms with Crippen LogP contribution in [0.25, 0.3) is 5.69 Å². The molecule has 0 amide bonds. The molecule has 1 aromatic heterocycles. The zero-order valence-corrected chi connectivity index (χ0v) is 12.2. The van der Waals surface area contributed by atoms with Gasteiger partial charge in [-0.25, -0.2) is 4.68 Å². The zero-order valence-electron chi connectivity index (χ0n) is 10.7. The van der Waals surface area contributed by atoms with Crippen molar-refractivity contribution in [1.82, 2.24) is 9.78 Å². The van der Waals surface area contributed by atoms with Gasteiger partial charge >= 0.3 is 6.18 Å². The average molecular weight is 353 g/mol. The zero-order chi connectivity index (χ0) is 17.1. The number of halogens is 5. The molecule has 0 atom stereocenters. The van der Waals surface area contributed by atoms with Crippen molar-refractivity contribution in [2.75, 3.05) is 5.73 Å². The van der Waals surface area contributed by atoms with Gasteiger partial charge in [-0.05, 0) is 12.1 Å². The summed E-state index contributed by atoms with van der Waals surface area (Å²) in [5.74, 6) is 8.03. The van der Waals surface area contributed by atoms with Crippen molar-refractivity contribution in [2.24, 2.45) is 11.7 Å². The van der Waals surface area contributed by atoms with Crippen LogP contribution in [-0.2, 0) is 6.18 Å². The van der Waals surface area contributed by atoms with Crippen molar-refractivity contribution in [3.8, 4) is 11.8 Å². The molecule has 0 unspecified atom stereocenters. The van der Waals surface area contributed by atoms with Gasteiger partial charge < -0.3 is 5.73 Å². The SMILES string of the molecule is N#Cc1cc(N)n(-c2c(Cl)cc(C(F)(F)F)cc2Cl)n1.NN. The number of rotatable bonds is 1. The van der Waals surface area contributed by atoms with Crippen LogP contribution in [0, 0.1) is 11.3 Å². The maximum Gasteiger partial charge on any atom is 0.416 e. The lowest BCUT2D eigenvalue weighted by Gasteiger charge is -2.13.